The number of aromatic nitrogens is 2. The van der Waals surface area contributed by atoms with Crippen molar-refractivity contribution in [3.05, 3.63) is 59.9 Å². The summed E-state index contributed by atoms with van der Waals surface area (Å²) in [5.41, 5.74) is 2.83. The van der Waals surface area contributed by atoms with Gasteiger partial charge in [0, 0.05) is 6.54 Å². The van der Waals surface area contributed by atoms with E-state index in [1.165, 1.54) is 12.1 Å². The van der Waals surface area contributed by atoms with Crippen LogP contribution in [0.25, 0.3) is 11.0 Å². The first kappa shape index (κ1) is 22.0. The van der Waals surface area contributed by atoms with Crippen molar-refractivity contribution < 1.29 is 13.2 Å². The second kappa shape index (κ2) is 8.97. The Balaban J connectivity index is 1.76. The molecule has 1 amide bonds. The molecule has 30 heavy (non-hydrogen) atoms. The van der Waals surface area contributed by atoms with Crippen molar-refractivity contribution in [3.63, 3.8) is 0 Å². The van der Waals surface area contributed by atoms with Crippen LogP contribution >= 0.6 is 0 Å². The van der Waals surface area contributed by atoms with Gasteiger partial charge in [-0.1, -0.05) is 43.7 Å². The highest BCUT2D eigenvalue weighted by Gasteiger charge is 2.28. The van der Waals surface area contributed by atoms with E-state index in [-0.39, 0.29) is 23.3 Å². The van der Waals surface area contributed by atoms with Gasteiger partial charge in [0.25, 0.3) is 0 Å². The van der Waals surface area contributed by atoms with E-state index in [9.17, 15) is 13.2 Å². The van der Waals surface area contributed by atoms with Crippen molar-refractivity contribution >= 4 is 27.0 Å². The molecule has 0 aliphatic rings. The smallest absolute Gasteiger partial charge is 0.241 e. The van der Waals surface area contributed by atoms with Crippen LogP contribution in [0.15, 0.2) is 53.4 Å². The molecule has 7 nitrogen and oxygen atoms in total. The summed E-state index contributed by atoms with van der Waals surface area (Å²) >= 11 is 0. The zero-order chi connectivity index (χ0) is 21.9. The Hall–Kier alpha value is -2.71. The molecular formula is C22H28N4O3S. The molecule has 0 bridgehead atoms. The van der Waals surface area contributed by atoms with Gasteiger partial charge < -0.3 is 9.88 Å². The van der Waals surface area contributed by atoms with E-state index in [4.69, 9.17) is 0 Å². The number of nitrogens with zero attached hydrogens (tertiary/aromatic N) is 2. The first-order valence-electron chi connectivity index (χ1n) is 10.0. The van der Waals surface area contributed by atoms with Crippen molar-refractivity contribution in [3.8, 4) is 0 Å². The number of amides is 1. The van der Waals surface area contributed by atoms with Gasteiger partial charge in [-0.15, -0.1) is 0 Å². The van der Waals surface area contributed by atoms with Gasteiger partial charge in [0.05, 0.1) is 22.5 Å². The largest absolute Gasteiger partial charge is 0.347 e. The molecule has 1 aromatic heterocycles. The Morgan fingerprint density at radius 1 is 1.10 bits per heavy atom. The van der Waals surface area contributed by atoms with Gasteiger partial charge in [-0.05, 0) is 44.0 Å². The first-order chi connectivity index (χ1) is 14.2. The fourth-order valence-corrected chi connectivity index (χ4v) is 4.68. The second-order valence-corrected chi connectivity index (χ2v) is 9.35. The highest BCUT2D eigenvalue weighted by molar-refractivity contribution is 7.89. The molecule has 0 saturated carbocycles. The molecule has 1 heterocycles. The van der Waals surface area contributed by atoms with E-state index in [2.05, 4.69) is 15.0 Å². The monoisotopic (exact) mass is 428 g/mol. The minimum Gasteiger partial charge on any atom is -0.347 e. The SMILES string of the molecule is CCn1c(CNC(=O)[C@@H](NS(=O)(=O)c2ccc(C)cc2)C(C)C)nc2ccccc21. The molecule has 0 aliphatic carbocycles. The summed E-state index contributed by atoms with van der Waals surface area (Å²) in [7, 11) is -3.81. The van der Waals surface area contributed by atoms with Crippen LogP contribution in [0.3, 0.4) is 0 Å². The van der Waals surface area contributed by atoms with E-state index in [0.29, 0.717) is 0 Å². The molecule has 1 atom stereocenters. The lowest BCUT2D eigenvalue weighted by atomic mass is 10.1. The van der Waals surface area contributed by atoms with Gasteiger partial charge >= 0.3 is 0 Å². The van der Waals surface area contributed by atoms with E-state index in [1.807, 2.05) is 56.5 Å². The van der Waals surface area contributed by atoms with E-state index < -0.39 is 16.1 Å². The number of carbonyl (C=O) groups excluding carboxylic acids is 1. The average molecular weight is 429 g/mol. The average Bonchev–Trinajstić information content (AvgIpc) is 3.08. The van der Waals surface area contributed by atoms with Crippen molar-refractivity contribution in [2.24, 2.45) is 5.92 Å². The molecule has 0 unspecified atom stereocenters. The van der Waals surface area contributed by atoms with E-state index in [0.717, 1.165) is 29.0 Å². The van der Waals surface area contributed by atoms with Crippen molar-refractivity contribution in [1.82, 2.24) is 19.6 Å². The zero-order valence-electron chi connectivity index (χ0n) is 17.7. The van der Waals surface area contributed by atoms with Crippen molar-refractivity contribution in [2.75, 3.05) is 0 Å². The van der Waals surface area contributed by atoms with Gasteiger partial charge in [0.15, 0.2) is 0 Å². The predicted octanol–water partition coefficient (Wildman–Crippen LogP) is 2.98. The van der Waals surface area contributed by atoms with Crippen LogP contribution in [0.4, 0.5) is 0 Å². The molecule has 2 aromatic carbocycles. The fourth-order valence-electron chi connectivity index (χ4n) is 3.33. The molecule has 3 rings (SSSR count). The number of carbonyl (C=O) groups is 1. The minimum absolute atomic E-state index is 0.138. The number of para-hydroxylation sites is 2. The molecule has 0 fully saturated rings. The van der Waals surface area contributed by atoms with Gasteiger partial charge in [-0.2, -0.15) is 4.72 Å². The summed E-state index contributed by atoms with van der Waals surface area (Å²) in [5, 5.41) is 2.85. The quantitative estimate of drug-likeness (QED) is 0.577. The van der Waals surface area contributed by atoms with Crippen LogP contribution in [0, 0.1) is 12.8 Å². The predicted molar refractivity (Wildman–Crippen MR) is 117 cm³/mol. The zero-order valence-corrected chi connectivity index (χ0v) is 18.5. The maximum Gasteiger partial charge on any atom is 0.241 e. The molecule has 160 valence electrons. The lowest BCUT2D eigenvalue weighted by molar-refractivity contribution is -0.123. The minimum atomic E-state index is -3.81. The number of hydrogen-bond acceptors (Lipinski definition) is 4. The number of hydrogen-bond donors (Lipinski definition) is 2. The molecule has 0 radical (unpaired) electrons. The van der Waals surface area contributed by atoms with Crippen LogP contribution in [0.5, 0.6) is 0 Å². The number of rotatable bonds is 8. The third-order valence-corrected chi connectivity index (χ3v) is 6.49. The second-order valence-electron chi connectivity index (χ2n) is 7.63. The first-order valence-corrected chi connectivity index (χ1v) is 11.5. The van der Waals surface area contributed by atoms with E-state index in [1.54, 1.807) is 12.1 Å². The van der Waals surface area contributed by atoms with Crippen LogP contribution in [-0.4, -0.2) is 29.9 Å². The van der Waals surface area contributed by atoms with Gasteiger partial charge in [0.2, 0.25) is 15.9 Å². The van der Waals surface area contributed by atoms with E-state index >= 15 is 0 Å². The maximum atomic E-state index is 12.9. The number of imidazole rings is 1. The summed E-state index contributed by atoms with van der Waals surface area (Å²) in [6, 6.07) is 13.4. The standard InChI is InChI=1S/C22H28N4O3S/c1-5-26-19-9-7-6-8-18(19)24-20(26)14-23-22(27)21(15(2)3)25-30(28,29)17-12-10-16(4)11-13-17/h6-13,15,21,25H,5,14H2,1-4H3,(H,23,27)/t21-/m0/s1. The van der Waals surface area contributed by atoms with Gasteiger partial charge in [-0.3, -0.25) is 4.79 Å². The van der Waals surface area contributed by atoms with Gasteiger partial charge in [0.1, 0.15) is 11.9 Å². The Bertz CT molecular complexity index is 1130. The Morgan fingerprint density at radius 2 is 1.77 bits per heavy atom. The number of benzene rings is 2. The summed E-state index contributed by atoms with van der Waals surface area (Å²) in [6.45, 7) is 8.46. The Labute approximate surface area is 177 Å². The third-order valence-electron chi connectivity index (χ3n) is 5.03. The number of aryl methyl sites for hydroxylation is 2. The third kappa shape index (κ3) is 4.71. The molecule has 3 aromatic rings. The number of nitrogens with one attached hydrogen (secondary N) is 2. The molecule has 8 heteroatoms. The Morgan fingerprint density at radius 3 is 2.40 bits per heavy atom. The molecule has 0 aliphatic heterocycles. The van der Waals surface area contributed by atoms with Crippen molar-refractivity contribution in [2.45, 2.75) is 51.7 Å². The summed E-state index contributed by atoms with van der Waals surface area (Å²) in [6.07, 6.45) is 0. The Kier molecular flexibility index (Phi) is 6.58. The van der Waals surface area contributed by atoms with Crippen LogP contribution < -0.4 is 10.0 Å². The van der Waals surface area contributed by atoms with Crippen LogP contribution in [-0.2, 0) is 27.9 Å². The van der Waals surface area contributed by atoms with Crippen molar-refractivity contribution in [1.29, 1.82) is 0 Å². The molecule has 0 spiro atoms. The highest BCUT2D eigenvalue weighted by atomic mass is 32.2. The number of fused-ring (bicyclic) bond motifs is 1. The fraction of sp³-hybridized carbons (Fsp3) is 0.364. The topological polar surface area (TPSA) is 93.1 Å². The molecular weight excluding hydrogens is 400 g/mol. The summed E-state index contributed by atoms with van der Waals surface area (Å²) in [4.78, 5) is 17.6. The molecule has 2 N–H and O–H groups in total. The van der Waals surface area contributed by atoms with Crippen LogP contribution in [0.2, 0.25) is 0 Å². The summed E-state index contributed by atoms with van der Waals surface area (Å²) < 4.78 is 30.1. The highest BCUT2D eigenvalue weighted by Crippen LogP contribution is 2.16. The van der Waals surface area contributed by atoms with Gasteiger partial charge in [-0.25, -0.2) is 13.4 Å². The number of sulfonamides is 1. The lowest BCUT2D eigenvalue weighted by Gasteiger charge is -2.21. The summed E-state index contributed by atoms with van der Waals surface area (Å²) in [5.74, 6) is 0.126. The normalized spacial score (nSPS) is 13.0. The molecule has 0 saturated heterocycles. The van der Waals surface area contributed by atoms with Crippen LogP contribution in [0.1, 0.15) is 32.2 Å². The lowest BCUT2D eigenvalue weighted by Crippen LogP contribution is -2.49. The maximum absolute atomic E-state index is 12.9.